The highest BCUT2D eigenvalue weighted by Crippen LogP contribution is 2.43. The van der Waals surface area contributed by atoms with E-state index in [1.807, 2.05) is 144 Å². The van der Waals surface area contributed by atoms with Crippen LogP contribution in [0.4, 0.5) is 0 Å². The minimum atomic E-state index is 0.623. The Kier molecular flexibility index (Phi) is 15.1. The topological polar surface area (TPSA) is 108 Å². The number of imidazole rings is 1. The van der Waals surface area contributed by atoms with Crippen molar-refractivity contribution in [3.05, 3.63) is 352 Å². The summed E-state index contributed by atoms with van der Waals surface area (Å²) in [6, 6.07) is 123. The molecule has 0 aliphatic carbocycles. The van der Waals surface area contributed by atoms with Crippen LogP contribution in [0.25, 0.3) is 213 Å². The van der Waals surface area contributed by atoms with E-state index in [4.69, 9.17) is 39.3 Å². The zero-order valence-corrected chi connectivity index (χ0v) is 59.4. The first-order valence-electron chi connectivity index (χ1n) is 36.0. The van der Waals surface area contributed by atoms with Crippen molar-refractivity contribution >= 4 is 123 Å². The first kappa shape index (κ1) is 62.6. The molecule has 15 aromatic carbocycles. The third-order valence-electron chi connectivity index (χ3n) is 20.6. The smallest absolute Gasteiger partial charge is 0.164 e. The Hall–Kier alpha value is -14.0. The second kappa shape index (κ2) is 26.0. The van der Waals surface area contributed by atoms with Gasteiger partial charge in [-0.2, -0.15) is 0 Å². The highest BCUT2D eigenvalue weighted by molar-refractivity contribution is 7.26. The number of benzene rings is 15. The van der Waals surface area contributed by atoms with E-state index in [-0.39, 0.29) is 0 Å². The quantitative estimate of drug-likeness (QED) is 0.125. The standard InChI is InChI=1S/C54H34N6O.C43H24N2S2/c1-5-13-37(14-6-1)49-55-50(38-15-7-2-8-16-38)58-53(57-49)41-25-21-35(22-26-41)43-29-31-47-45(33-43)46-34-44(30-32-48(46)61-47)36-23-27-42(28-24-36)54-59-51(39-17-9-3-10-18-39)56-52(60-54)40-19-11-4-12-20-40;1-5-11-39-29(7-1)34-23-27(15-19-41(34)46-39)25-13-17-31-32(21-25)33-22-26(14-18-37(33)45-38-10-4-3-9-36(38)44-43(31)45)28-16-20-42-35(24-28)30-8-2-6-12-40(30)47-42/h1-34H;1-24H. The van der Waals surface area contributed by atoms with Crippen LogP contribution in [0.1, 0.15) is 0 Å². The predicted molar refractivity (Wildman–Crippen MR) is 448 cm³/mol. The van der Waals surface area contributed by atoms with E-state index >= 15 is 0 Å². The van der Waals surface area contributed by atoms with Crippen molar-refractivity contribution in [2.45, 2.75) is 0 Å². The summed E-state index contributed by atoms with van der Waals surface area (Å²) >= 11 is 3.73. The zero-order chi connectivity index (χ0) is 71.2. The van der Waals surface area contributed by atoms with Crippen molar-refractivity contribution in [2.24, 2.45) is 0 Å². The van der Waals surface area contributed by atoms with Gasteiger partial charge in [-0.15, -0.1) is 22.7 Å². The summed E-state index contributed by atoms with van der Waals surface area (Å²) in [4.78, 5) is 34.5. The summed E-state index contributed by atoms with van der Waals surface area (Å²) in [5.41, 5.74) is 20.8. The molecule has 0 aliphatic heterocycles. The fraction of sp³-hybridized carbons (Fsp3) is 0. The summed E-state index contributed by atoms with van der Waals surface area (Å²) in [7, 11) is 0. The van der Waals surface area contributed by atoms with Gasteiger partial charge in [0.15, 0.2) is 34.9 Å². The van der Waals surface area contributed by atoms with Crippen LogP contribution >= 0.6 is 22.7 Å². The molecule has 0 unspecified atom stereocenters. The Labute approximate surface area is 627 Å². The van der Waals surface area contributed by atoms with Crippen LogP contribution in [0, 0.1) is 0 Å². The number of hydrogen-bond donors (Lipinski definition) is 0. The van der Waals surface area contributed by atoms with E-state index in [0.29, 0.717) is 34.9 Å². The van der Waals surface area contributed by atoms with Gasteiger partial charge in [0.2, 0.25) is 0 Å². The molecule has 7 heterocycles. The van der Waals surface area contributed by atoms with E-state index in [0.717, 1.165) is 99.6 Å². The molecule has 0 saturated carbocycles. The normalized spacial score (nSPS) is 11.7. The van der Waals surface area contributed by atoms with Gasteiger partial charge in [0.25, 0.3) is 0 Å². The molecule has 22 rings (SSSR count). The second-order valence-electron chi connectivity index (χ2n) is 27.1. The Balaban J connectivity index is 0.000000142. The first-order valence-corrected chi connectivity index (χ1v) is 37.6. The summed E-state index contributed by atoms with van der Waals surface area (Å²) < 4.78 is 14.0. The van der Waals surface area contributed by atoms with Crippen molar-refractivity contribution in [1.29, 1.82) is 0 Å². The van der Waals surface area contributed by atoms with Gasteiger partial charge < -0.3 is 4.42 Å². The largest absolute Gasteiger partial charge is 0.456 e. The van der Waals surface area contributed by atoms with Gasteiger partial charge >= 0.3 is 0 Å². The summed E-state index contributed by atoms with van der Waals surface area (Å²) in [5.74, 6) is 3.80. The highest BCUT2D eigenvalue weighted by atomic mass is 32.1. The van der Waals surface area contributed by atoms with Crippen molar-refractivity contribution < 1.29 is 4.42 Å². The Morgan fingerprint density at radius 3 is 0.963 bits per heavy atom. The van der Waals surface area contributed by atoms with Gasteiger partial charge in [-0.1, -0.05) is 255 Å². The number of para-hydroxylation sites is 2. The molecule has 504 valence electrons. The fourth-order valence-corrected chi connectivity index (χ4v) is 17.3. The van der Waals surface area contributed by atoms with Crippen molar-refractivity contribution in [2.75, 3.05) is 0 Å². The SMILES string of the molecule is c1ccc(-c2nc(-c3ccccc3)nc(-c3ccc(-c4ccc5oc6ccc(-c7ccc(-c8nc(-c9ccccc9)nc(-c9ccccc9)n8)cc7)cc6c5c4)cc3)n2)cc1.c1ccc2c(c1)nc1c3ccc(-c4ccc5sc6ccccc6c5c4)cc3c3cc(-c4ccc5sc6ccccc6c5c4)ccc3n21. The summed E-state index contributed by atoms with van der Waals surface area (Å²) in [5, 5.41) is 11.0. The molecule has 22 aromatic rings. The van der Waals surface area contributed by atoms with Crippen LogP contribution in [0.5, 0.6) is 0 Å². The molecule has 0 spiro atoms. The molecular formula is C97H58N8OS2. The first-order chi connectivity index (χ1) is 53.4. The van der Waals surface area contributed by atoms with Crippen LogP contribution < -0.4 is 0 Å². The van der Waals surface area contributed by atoms with Crippen LogP contribution in [0.15, 0.2) is 356 Å². The van der Waals surface area contributed by atoms with E-state index in [1.165, 1.54) is 78.9 Å². The summed E-state index contributed by atoms with van der Waals surface area (Å²) in [6.45, 7) is 0. The number of fused-ring (bicyclic) bond motifs is 17. The lowest BCUT2D eigenvalue weighted by molar-refractivity contribution is 0.669. The van der Waals surface area contributed by atoms with Crippen LogP contribution in [0.3, 0.4) is 0 Å². The average molecular weight is 1420 g/mol. The number of pyridine rings is 1. The number of rotatable bonds is 10. The van der Waals surface area contributed by atoms with Crippen LogP contribution in [-0.4, -0.2) is 39.3 Å². The number of furan rings is 1. The number of hydrogen-bond acceptors (Lipinski definition) is 10. The molecule has 0 saturated heterocycles. The van der Waals surface area contributed by atoms with Crippen molar-refractivity contribution in [1.82, 2.24) is 39.3 Å². The Bertz CT molecular complexity index is 6940. The summed E-state index contributed by atoms with van der Waals surface area (Å²) in [6.07, 6.45) is 0. The minimum Gasteiger partial charge on any atom is -0.456 e. The van der Waals surface area contributed by atoms with Gasteiger partial charge in [0.05, 0.1) is 16.6 Å². The predicted octanol–water partition coefficient (Wildman–Crippen LogP) is 26.2. The van der Waals surface area contributed by atoms with Gasteiger partial charge in [0, 0.05) is 95.3 Å². The molecular weight excluding hydrogens is 1360 g/mol. The lowest BCUT2D eigenvalue weighted by Crippen LogP contribution is -2.00. The molecule has 0 N–H and O–H groups in total. The number of thiophene rings is 2. The van der Waals surface area contributed by atoms with Crippen molar-refractivity contribution in [3.8, 4) is 113 Å². The lowest BCUT2D eigenvalue weighted by atomic mass is 9.95. The molecule has 0 amide bonds. The van der Waals surface area contributed by atoms with E-state index < -0.39 is 0 Å². The third kappa shape index (κ3) is 11.2. The van der Waals surface area contributed by atoms with E-state index in [9.17, 15) is 0 Å². The molecule has 0 bridgehead atoms. The Morgan fingerprint density at radius 2 is 0.509 bits per heavy atom. The van der Waals surface area contributed by atoms with Gasteiger partial charge in [-0.05, 0) is 147 Å². The third-order valence-corrected chi connectivity index (χ3v) is 22.9. The number of nitrogens with zero attached hydrogens (tertiary/aromatic N) is 8. The number of aromatic nitrogens is 8. The molecule has 0 radical (unpaired) electrons. The zero-order valence-electron chi connectivity index (χ0n) is 57.8. The van der Waals surface area contributed by atoms with Gasteiger partial charge in [-0.3, -0.25) is 4.40 Å². The molecule has 108 heavy (non-hydrogen) atoms. The fourth-order valence-electron chi connectivity index (χ4n) is 15.2. The maximum atomic E-state index is 6.33. The molecule has 11 heteroatoms. The molecule has 7 aromatic heterocycles. The van der Waals surface area contributed by atoms with E-state index in [1.54, 1.807) is 0 Å². The monoisotopic (exact) mass is 1410 g/mol. The van der Waals surface area contributed by atoms with E-state index in [2.05, 4.69) is 235 Å². The van der Waals surface area contributed by atoms with Crippen LogP contribution in [-0.2, 0) is 0 Å². The molecule has 0 aliphatic rings. The lowest BCUT2D eigenvalue weighted by Gasteiger charge is -2.13. The van der Waals surface area contributed by atoms with Gasteiger partial charge in [0.1, 0.15) is 16.8 Å². The van der Waals surface area contributed by atoms with Crippen LogP contribution in [0.2, 0.25) is 0 Å². The Morgan fingerprint density at radius 1 is 0.194 bits per heavy atom. The maximum absolute atomic E-state index is 6.33. The molecule has 0 fully saturated rings. The highest BCUT2D eigenvalue weighted by Gasteiger charge is 2.20. The molecule has 9 nitrogen and oxygen atoms in total. The second-order valence-corrected chi connectivity index (χ2v) is 29.3. The molecule has 0 atom stereocenters. The van der Waals surface area contributed by atoms with Crippen molar-refractivity contribution in [3.63, 3.8) is 0 Å². The maximum Gasteiger partial charge on any atom is 0.164 e. The average Bonchev–Trinajstić information content (AvgIpc) is 1.52. The van der Waals surface area contributed by atoms with Gasteiger partial charge in [-0.25, -0.2) is 34.9 Å². The minimum absolute atomic E-state index is 0.623.